The first-order valence-corrected chi connectivity index (χ1v) is 30.0. The van der Waals surface area contributed by atoms with Crippen molar-refractivity contribution in [2.45, 2.75) is 102 Å². The summed E-state index contributed by atoms with van der Waals surface area (Å²) in [6.07, 6.45) is 5.17. The van der Waals surface area contributed by atoms with Crippen molar-refractivity contribution in [1.82, 2.24) is 29.9 Å². The SMILES string of the molecule is CC1(C)CCC(C)(C)c2cc(-c3cccc(-c4nc(-c5cccc(F)c5)nc(-c5ccc6cc(CC7(C)CCC(C)(C)c8cc(-c9nc(-c%10ccc(F)cc%10)nc(-c%10ccc(-c%11ccc%12ccccc%12c%11)cc%10)n9)ccc87)ccc6c5)n4)c3)ccc21. The first-order chi connectivity index (χ1) is 41.4. The van der Waals surface area contributed by atoms with E-state index in [1.54, 1.807) is 18.2 Å². The van der Waals surface area contributed by atoms with Crippen LogP contribution in [0, 0.1) is 11.6 Å². The predicted molar refractivity (Wildman–Crippen MR) is 347 cm³/mol. The minimum Gasteiger partial charge on any atom is -0.208 e. The molecule has 2 aliphatic rings. The monoisotopic (exact) mass is 1120 g/mol. The highest BCUT2D eigenvalue weighted by Crippen LogP contribution is 2.50. The van der Waals surface area contributed by atoms with E-state index in [1.165, 1.54) is 62.9 Å². The zero-order valence-electron chi connectivity index (χ0n) is 49.7. The van der Waals surface area contributed by atoms with Gasteiger partial charge in [-0.25, -0.2) is 38.7 Å². The molecule has 12 aromatic rings. The summed E-state index contributed by atoms with van der Waals surface area (Å²) in [5.74, 6) is 2.37. The second-order valence-electron chi connectivity index (χ2n) is 26.2. The highest BCUT2D eigenvalue weighted by Gasteiger charge is 2.41. The predicted octanol–water partition coefficient (Wildman–Crippen LogP) is 19.9. The van der Waals surface area contributed by atoms with Crippen LogP contribution in [0.25, 0.3) is 112 Å². The van der Waals surface area contributed by atoms with Crippen LogP contribution in [-0.4, -0.2) is 29.9 Å². The second kappa shape index (κ2) is 21.0. The average molecular weight is 1130 g/mol. The van der Waals surface area contributed by atoms with Gasteiger partial charge in [-0.15, -0.1) is 0 Å². The van der Waals surface area contributed by atoms with Gasteiger partial charge in [-0.3, -0.25) is 0 Å². The van der Waals surface area contributed by atoms with E-state index >= 15 is 0 Å². The molecule has 0 N–H and O–H groups in total. The number of aromatic nitrogens is 6. The Morgan fingerprint density at radius 1 is 0.279 bits per heavy atom. The van der Waals surface area contributed by atoms with Gasteiger partial charge in [0.05, 0.1) is 0 Å². The van der Waals surface area contributed by atoms with E-state index in [9.17, 15) is 8.78 Å². The molecule has 2 aliphatic carbocycles. The van der Waals surface area contributed by atoms with Gasteiger partial charge < -0.3 is 0 Å². The number of fused-ring (bicyclic) bond motifs is 4. The van der Waals surface area contributed by atoms with Crippen molar-refractivity contribution in [2.24, 2.45) is 0 Å². The van der Waals surface area contributed by atoms with Crippen molar-refractivity contribution < 1.29 is 8.78 Å². The molecule has 0 aliphatic heterocycles. The molecule has 2 aromatic heterocycles. The smallest absolute Gasteiger partial charge is 0.164 e. The van der Waals surface area contributed by atoms with Crippen LogP contribution in [-0.2, 0) is 28.1 Å². The van der Waals surface area contributed by atoms with Crippen LogP contribution in [0.4, 0.5) is 8.78 Å². The van der Waals surface area contributed by atoms with Crippen molar-refractivity contribution >= 4 is 21.5 Å². The van der Waals surface area contributed by atoms with Gasteiger partial charge in [0.1, 0.15) is 11.6 Å². The largest absolute Gasteiger partial charge is 0.208 e. The molecule has 6 nitrogen and oxygen atoms in total. The Labute approximate surface area is 502 Å². The van der Waals surface area contributed by atoms with Crippen LogP contribution in [0.1, 0.15) is 102 Å². The number of hydrogen-bond donors (Lipinski definition) is 0. The third-order valence-corrected chi connectivity index (χ3v) is 18.7. The Kier molecular flexibility index (Phi) is 13.3. The molecule has 0 radical (unpaired) electrons. The lowest BCUT2D eigenvalue weighted by Gasteiger charge is -2.44. The molecule has 86 heavy (non-hydrogen) atoms. The van der Waals surface area contributed by atoms with Gasteiger partial charge in [-0.1, -0.05) is 200 Å². The number of rotatable bonds is 10. The van der Waals surface area contributed by atoms with E-state index in [4.69, 9.17) is 29.9 Å². The van der Waals surface area contributed by atoms with Gasteiger partial charge in [0, 0.05) is 33.4 Å². The average Bonchev–Trinajstić information content (AvgIpc) is 0.825. The van der Waals surface area contributed by atoms with E-state index in [2.05, 4.69) is 206 Å². The van der Waals surface area contributed by atoms with Crippen molar-refractivity contribution in [1.29, 1.82) is 0 Å². The molecule has 10 aromatic carbocycles. The number of hydrogen-bond acceptors (Lipinski definition) is 6. The molecule has 0 bridgehead atoms. The van der Waals surface area contributed by atoms with Crippen molar-refractivity contribution in [3.05, 3.63) is 252 Å². The molecule has 14 rings (SSSR count). The van der Waals surface area contributed by atoms with Crippen LogP contribution < -0.4 is 0 Å². The second-order valence-corrected chi connectivity index (χ2v) is 26.2. The van der Waals surface area contributed by atoms with Gasteiger partial charge in [0.15, 0.2) is 34.9 Å². The minimum absolute atomic E-state index is 0.0773. The Bertz CT molecular complexity index is 4640. The molecule has 0 fully saturated rings. The van der Waals surface area contributed by atoms with Crippen molar-refractivity contribution in [3.8, 4) is 90.6 Å². The Balaban J connectivity index is 0.769. The summed E-state index contributed by atoms with van der Waals surface area (Å²) in [5.41, 5.74) is 15.9. The van der Waals surface area contributed by atoms with Crippen LogP contribution >= 0.6 is 0 Å². The van der Waals surface area contributed by atoms with Crippen LogP contribution in [0.3, 0.4) is 0 Å². The molecular formula is C78H66F2N6. The maximum Gasteiger partial charge on any atom is 0.164 e. The Morgan fingerprint density at radius 3 is 1.35 bits per heavy atom. The van der Waals surface area contributed by atoms with Gasteiger partial charge in [0.25, 0.3) is 0 Å². The molecule has 0 saturated heterocycles. The van der Waals surface area contributed by atoms with Crippen LogP contribution in [0.15, 0.2) is 212 Å². The molecule has 1 unspecified atom stereocenters. The fraction of sp³-hybridized carbons (Fsp3) is 0.205. The third-order valence-electron chi connectivity index (χ3n) is 18.7. The van der Waals surface area contributed by atoms with Gasteiger partial charge >= 0.3 is 0 Å². The van der Waals surface area contributed by atoms with Crippen LogP contribution in [0.5, 0.6) is 0 Å². The maximum atomic E-state index is 14.8. The fourth-order valence-corrected chi connectivity index (χ4v) is 13.3. The van der Waals surface area contributed by atoms with Crippen molar-refractivity contribution in [3.63, 3.8) is 0 Å². The molecule has 0 saturated carbocycles. The summed E-state index contributed by atoms with van der Waals surface area (Å²) in [6.45, 7) is 16.5. The molecule has 2 heterocycles. The first kappa shape index (κ1) is 54.5. The number of halogens is 2. The van der Waals surface area contributed by atoms with E-state index in [0.29, 0.717) is 46.1 Å². The van der Waals surface area contributed by atoms with E-state index in [1.807, 2.05) is 12.1 Å². The van der Waals surface area contributed by atoms with E-state index in [-0.39, 0.29) is 33.3 Å². The summed E-state index contributed by atoms with van der Waals surface area (Å²) in [6, 6.07) is 71.4. The highest BCUT2D eigenvalue weighted by atomic mass is 19.1. The highest BCUT2D eigenvalue weighted by molar-refractivity contribution is 5.89. The maximum absolute atomic E-state index is 14.8. The molecule has 8 heteroatoms. The minimum atomic E-state index is -0.352. The Morgan fingerprint density at radius 2 is 0.674 bits per heavy atom. The topological polar surface area (TPSA) is 77.3 Å². The normalized spacial score (nSPS) is 16.6. The van der Waals surface area contributed by atoms with Gasteiger partial charge in [-0.05, 0) is 186 Å². The molecule has 0 spiro atoms. The van der Waals surface area contributed by atoms with Crippen LogP contribution in [0.2, 0.25) is 0 Å². The summed E-state index contributed by atoms with van der Waals surface area (Å²) in [7, 11) is 0. The van der Waals surface area contributed by atoms with Gasteiger partial charge in [0.2, 0.25) is 0 Å². The summed E-state index contributed by atoms with van der Waals surface area (Å²) in [4.78, 5) is 30.4. The molecule has 422 valence electrons. The Hall–Kier alpha value is -9.40. The zero-order chi connectivity index (χ0) is 59.1. The van der Waals surface area contributed by atoms with Gasteiger partial charge in [-0.2, -0.15) is 0 Å². The summed E-state index contributed by atoms with van der Waals surface area (Å²) in [5, 5.41) is 4.59. The zero-order valence-corrected chi connectivity index (χ0v) is 49.7. The quantitative estimate of drug-likeness (QED) is 0.136. The lowest BCUT2D eigenvalue weighted by molar-refractivity contribution is 0.310. The summed E-state index contributed by atoms with van der Waals surface area (Å²) < 4.78 is 29.1. The lowest BCUT2D eigenvalue weighted by Crippen LogP contribution is -2.37. The third kappa shape index (κ3) is 10.3. The first-order valence-electron chi connectivity index (χ1n) is 30.0. The standard InChI is InChI=1S/C78H66F2N6/c1-75(2)36-37-76(3,4)67-45-58(30-34-65(67)75)54-14-10-15-59(42-54)71-84-72(60-16-11-17-64(80)44-60)86-73(85-71)61-27-26-55-40-48(18-19-57(55)43-61)47-78(7)39-38-77(5,6)68-46-62(31-35-66(68)78)74-82-69(81-70(83-74)52-28-32-63(79)33-29-52)51-23-20-50(21-24-51)56-25-22-49-12-8-9-13-53(49)41-56/h8-35,40-46H,36-39,47H2,1-7H3. The molecular weight excluding hydrogens is 1060 g/mol. The fourth-order valence-electron chi connectivity index (χ4n) is 13.3. The summed E-state index contributed by atoms with van der Waals surface area (Å²) >= 11 is 0. The number of benzene rings is 10. The molecule has 1 atom stereocenters. The van der Waals surface area contributed by atoms with E-state index in [0.717, 1.165) is 87.4 Å². The lowest BCUT2D eigenvalue weighted by atomic mass is 9.60. The van der Waals surface area contributed by atoms with E-state index < -0.39 is 0 Å². The van der Waals surface area contributed by atoms with Crippen molar-refractivity contribution in [2.75, 3.05) is 0 Å². The number of nitrogens with zero attached hydrogens (tertiary/aromatic N) is 6. The molecule has 0 amide bonds.